The Kier molecular flexibility index (Phi) is 7.64. The fourth-order valence-electron chi connectivity index (χ4n) is 2.95. The fraction of sp³-hybridized carbons (Fsp3) is 0.0833. The highest BCUT2D eigenvalue weighted by molar-refractivity contribution is 7.80. The maximum absolute atomic E-state index is 12.9. The summed E-state index contributed by atoms with van der Waals surface area (Å²) in [5.74, 6) is -0.908. The summed E-state index contributed by atoms with van der Waals surface area (Å²) >= 11 is 10.9. The van der Waals surface area contributed by atoms with E-state index in [2.05, 4.69) is 10.9 Å². The number of thiocarbonyl (C=S) groups is 2. The van der Waals surface area contributed by atoms with E-state index < -0.39 is 11.8 Å². The van der Waals surface area contributed by atoms with Crippen LogP contribution in [0.15, 0.2) is 84.9 Å². The molecule has 162 valence electrons. The first-order chi connectivity index (χ1) is 15.4. The third kappa shape index (κ3) is 5.54. The first-order valence-electron chi connectivity index (χ1n) is 9.75. The minimum absolute atomic E-state index is 0.215. The predicted octanol–water partition coefficient (Wildman–Crippen LogP) is 3.59. The molecular weight excluding hydrogens is 440 g/mol. The molecule has 0 heterocycles. The highest BCUT2D eigenvalue weighted by Gasteiger charge is 2.20. The van der Waals surface area contributed by atoms with Gasteiger partial charge in [0.2, 0.25) is 0 Å². The number of benzene rings is 3. The van der Waals surface area contributed by atoms with Gasteiger partial charge >= 0.3 is 0 Å². The molecule has 8 heteroatoms. The smallest absolute Gasteiger partial charge is 0.270 e. The topological polar surface area (TPSA) is 64.7 Å². The van der Waals surface area contributed by atoms with Gasteiger partial charge in [0.05, 0.1) is 11.1 Å². The van der Waals surface area contributed by atoms with Crippen molar-refractivity contribution in [3.05, 3.63) is 107 Å². The van der Waals surface area contributed by atoms with E-state index in [4.69, 9.17) is 24.4 Å². The maximum atomic E-state index is 12.9. The molecule has 0 aliphatic carbocycles. The molecule has 32 heavy (non-hydrogen) atoms. The molecule has 0 radical (unpaired) electrons. The lowest BCUT2D eigenvalue weighted by atomic mass is 10.1. The van der Waals surface area contributed by atoms with E-state index in [-0.39, 0.29) is 11.1 Å². The predicted molar refractivity (Wildman–Crippen MR) is 133 cm³/mol. The number of hydrogen-bond acceptors (Lipinski definition) is 4. The zero-order chi connectivity index (χ0) is 23.1. The molecule has 0 bridgehead atoms. The molecule has 0 atom stereocenters. The zero-order valence-corrected chi connectivity index (χ0v) is 19.2. The molecule has 0 aliphatic rings. The summed E-state index contributed by atoms with van der Waals surface area (Å²) in [7, 11) is 3.31. The van der Waals surface area contributed by atoms with Gasteiger partial charge in [0, 0.05) is 25.2 Å². The van der Waals surface area contributed by atoms with Gasteiger partial charge in [-0.1, -0.05) is 97.2 Å². The summed E-state index contributed by atoms with van der Waals surface area (Å²) in [5, 5.41) is 2.91. The Balaban J connectivity index is 1.72. The standard InChI is InChI=1S/C24H22N4O2S2/c1-27(23(31)17-11-5-3-6-12-17)25-21(29)19-15-9-10-16-20(19)22(30)26-28(2)24(32)18-13-7-4-8-14-18/h3-16H,1-2H3,(H,25,29)(H,26,30). The molecule has 0 saturated heterocycles. The molecule has 6 nitrogen and oxygen atoms in total. The number of carbonyl (C=O) groups excluding carboxylic acids is 2. The molecule has 0 aliphatic heterocycles. The lowest BCUT2D eigenvalue weighted by Gasteiger charge is -2.23. The van der Waals surface area contributed by atoms with Crippen LogP contribution in [-0.4, -0.2) is 45.9 Å². The van der Waals surface area contributed by atoms with E-state index in [9.17, 15) is 9.59 Å². The summed E-state index contributed by atoms with van der Waals surface area (Å²) in [5.41, 5.74) is 7.48. The Hall–Kier alpha value is -3.62. The van der Waals surface area contributed by atoms with Crippen molar-refractivity contribution in [2.45, 2.75) is 0 Å². The molecule has 3 rings (SSSR count). The van der Waals surface area contributed by atoms with E-state index in [1.807, 2.05) is 60.7 Å². The molecular formula is C24H22N4O2S2. The van der Waals surface area contributed by atoms with Crippen molar-refractivity contribution >= 4 is 46.2 Å². The highest BCUT2D eigenvalue weighted by Crippen LogP contribution is 2.11. The van der Waals surface area contributed by atoms with Crippen molar-refractivity contribution in [3.63, 3.8) is 0 Å². The van der Waals surface area contributed by atoms with Crippen molar-refractivity contribution in [2.24, 2.45) is 0 Å². The second-order valence-electron chi connectivity index (χ2n) is 6.89. The van der Waals surface area contributed by atoms with E-state index in [1.54, 1.807) is 38.4 Å². The number of carbonyl (C=O) groups is 2. The summed E-state index contributed by atoms with van der Waals surface area (Å²) in [6, 6.07) is 25.2. The van der Waals surface area contributed by atoms with E-state index in [1.165, 1.54) is 10.0 Å². The maximum Gasteiger partial charge on any atom is 0.270 e. The first kappa shape index (κ1) is 23.1. The SMILES string of the molecule is CN(NC(=O)c1ccccc1C(=O)NN(C)C(=S)c1ccccc1)C(=S)c1ccccc1. The second kappa shape index (κ2) is 10.6. The van der Waals surface area contributed by atoms with Crippen LogP contribution in [0, 0.1) is 0 Å². The lowest BCUT2D eigenvalue weighted by molar-refractivity contribution is 0.0853. The number of amides is 2. The first-order valence-corrected chi connectivity index (χ1v) is 10.6. The largest absolute Gasteiger partial charge is 0.277 e. The van der Waals surface area contributed by atoms with Crippen LogP contribution in [0.2, 0.25) is 0 Å². The third-order valence-electron chi connectivity index (χ3n) is 4.61. The molecule has 0 saturated carbocycles. The number of hydrogen-bond donors (Lipinski definition) is 2. The molecule has 0 spiro atoms. The van der Waals surface area contributed by atoms with Crippen LogP contribution >= 0.6 is 24.4 Å². The number of rotatable bonds is 4. The van der Waals surface area contributed by atoms with E-state index in [0.717, 1.165) is 11.1 Å². The van der Waals surface area contributed by atoms with Crippen LogP contribution in [0.4, 0.5) is 0 Å². The van der Waals surface area contributed by atoms with Crippen LogP contribution in [0.3, 0.4) is 0 Å². The van der Waals surface area contributed by atoms with E-state index >= 15 is 0 Å². The zero-order valence-electron chi connectivity index (χ0n) is 17.6. The summed E-state index contributed by atoms with van der Waals surface area (Å²) in [4.78, 5) is 26.8. The summed E-state index contributed by atoms with van der Waals surface area (Å²) < 4.78 is 0. The Labute approximate surface area is 197 Å². The lowest BCUT2D eigenvalue weighted by Crippen LogP contribution is -2.45. The Morgan fingerprint density at radius 1 is 0.594 bits per heavy atom. The van der Waals surface area contributed by atoms with Gasteiger partial charge in [0.25, 0.3) is 11.8 Å². The summed E-state index contributed by atoms with van der Waals surface area (Å²) in [6.07, 6.45) is 0. The normalized spacial score (nSPS) is 10.1. The van der Waals surface area contributed by atoms with Crippen molar-refractivity contribution in [1.82, 2.24) is 20.9 Å². The molecule has 2 amide bonds. The van der Waals surface area contributed by atoms with Gasteiger partial charge in [-0.3, -0.25) is 30.5 Å². The van der Waals surface area contributed by atoms with Crippen LogP contribution in [0.5, 0.6) is 0 Å². The molecule has 3 aromatic carbocycles. The van der Waals surface area contributed by atoms with Crippen molar-refractivity contribution < 1.29 is 9.59 Å². The third-order valence-corrected chi connectivity index (χ3v) is 5.62. The minimum atomic E-state index is -0.454. The van der Waals surface area contributed by atoms with Gasteiger partial charge in [0.1, 0.15) is 9.98 Å². The summed E-state index contributed by atoms with van der Waals surface area (Å²) in [6.45, 7) is 0. The van der Waals surface area contributed by atoms with Gasteiger partial charge in [-0.05, 0) is 12.1 Å². The number of nitrogens with zero attached hydrogens (tertiary/aromatic N) is 2. The van der Waals surface area contributed by atoms with Crippen molar-refractivity contribution in [2.75, 3.05) is 14.1 Å². The quantitative estimate of drug-likeness (QED) is 0.456. The average Bonchev–Trinajstić information content (AvgIpc) is 2.83. The average molecular weight is 463 g/mol. The molecule has 3 aromatic rings. The molecule has 0 fully saturated rings. The monoisotopic (exact) mass is 462 g/mol. The van der Waals surface area contributed by atoms with Crippen molar-refractivity contribution in [3.8, 4) is 0 Å². The Bertz CT molecular complexity index is 1050. The van der Waals surface area contributed by atoms with Crippen LogP contribution in [0.25, 0.3) is 0 Å². The van der Waals surface area contributed by atoms with E-state index in [0.29, 0.717) is 9.98 Å². The second-order valence-corrected chi connectivity index (χ2v) is 7.66. The number of nitrogens with one attached hydrogen (secondary N) is 2. The minimum Gasteiger partial charge on any atom is -0.277 e. The Morgan fingerprint density at radius 2 is 0.906 bits per heavy atom. The molecule has 0 aromatic heterocycles. The highest BCUT2D eigenvalue weighted by atomic mass is 32.1. The van der Waals surface area contributed by atoms with Gasteiger partial charge in [-0.25, -0.2) is 0 Å². The van der Waals surface area contributed by atoms with Gasteiger partial charge < -0.3 is 0 Å². The van der Waals surface area contributed by atoms with Crippen molar-refractivity contribution in [1.29, 1.82) is 0 Å². The molecule has 0 unspecified atom stereocenters. The molecule has 2 N–H and O–H groups in total. The van der Waals surface area contributed by atoms with Crippen LogP contribution in [-0.2, 0) is 0 Å². The Morgan fingerprint density at radius 3 is 1.25 bits per heavy atom. The fourth-order valence-corrected chi connectivity index (χ4v) is 3.32. The van der Waals surface area contributed by atoms with Gasteiger partial charge in [-0.15, -0.1) is 0 Å². The van der Waals surface area contributed by atoms with Gasteiger partial charge in [-0.2, -0.15) is 0 Å². The number of hydrazine groups is 2. The van der Waals surface area contributed by atoms with Gasteiger partial charge in [0.15, 0.2) is 0 Å². The van der Waals surface area contributed by atoms with Crippen LogP contribution in [0.1, 0.15) is 31.8 Å². The van der Waals surface area contributed by atoms with Crippen LogP contribution < -0.4 is 10.9 Å².